The number of benzene rings is 2. The molecule has 0 radical (unpaired) electrons. The predicted octanol–water partition coefficient (Wildman–Crippen LogP) is 2.02. The minimum Gasteiger partial charge on any atom is -0.497 e. The maximum Gasteiger partial charge on any atom is 0.260 e. The fourth-order valence-corrected chi connectivity index (χ4v) is 3.45. The first-order valence-corrected chi connectivity index (χ1v) is 10.7. The predicted molar refractivity (Wildman–Crippen MR) is 115 cm³/mol. The van der Waals surface area contributed by atoms with Crippen LogP contribution >= 0.6 is 0 Å². The molecule has 10 heteroatoms. The second-order valence-electron chi connectivity index (χ2n) is 6.27. The normalized spacial score (nSPS) is 11.6. The van der Waals surface area contributed by atoms with Crippen LogP contribution < -0.4 is 23.9 Å². The lowest BCUT2D eigenvalue weighted by Crippen LogP contribution is -2.39. The number of sulfonamides is 1. The second kappa shape index (κ2) is 9.97. The monoisotopic (exact) mass is 435 g/mol. The molecule has 162 valence electrons. The van der Waals surface area contributed by atoms with Crippen LogP contribution in [-0.2, 0) is 14.8 Å². The highest BCUT2D eigenvalue weighted by Gasteiger charge is 2.21. The van der Waals surface area contributed by atoms with Crippen molar-refractivity contribution in [3.63, 3.8) is 0 Å². The largest absolute Gasteiger partial charge is 0.497 e. The molecule has 1 N–H and O–H groups in total. The van der Waals surface area contributed by atoms with E-state index in [0.717, 1.165) is 10.6 Å². The van der Waals surface area contributed by atoms with E-state index in [4.69, 9.17) is 14.2 Å². The van der Waals surface area contributed by atoms with Crippen molar-refractivity contribution in [2.75, 3.05) is 38.4 Å². The first kappa shape index (κ1) is 23.0. The molecule has 0 spiro atoms. The van der Waals surface area contributed by atoms with Gasteiger partial charge in [-0.05, 0) is 37.3 Å². The standard InChI is InChI=1S/C20H25N3O6S/c1-14(15-9-10-18(28-3)19(11-15)29-4)21-22-20(24)13-23(30(5,25)26)16-7-6-8-17(12-16)27-2/h6-12H,13H2,1-5H3,(H,22,24)/b21-14-. The molecule has 2 aromatic rings. The molecule has 0 aliphatic carbocycles. The third-order valence-corrected chi connectivity index (χ3v) is 5.32. The zero-order valence-electron chi connectivity index (χ0n) is 17.5. The number of carbonyl (C=O) groups excluding carboxylic acids is 1. The summed E-state index contributed by atoms with van der Waals surface area (Å²) in [5.41, 5.74) is 3.92. The van der Waals surface area contributed by atoms with Crippen molar-refractivity contribution in [3.8, 4) is 17.2 Å². The zero-order valence-corrected chi connectivity index (χ0v) is 18.3. The third kappa shape index (κ3) is 5.86. The molecular formula is C20H25N3O6S. The van der Waals surface area contributed by atoms with Crippen LogP contribution in [0.4, 0.5) is 5.69 Å². The van der Waals surface area contributed by atoms with E-state index in [1.165, 1.54) is 27.4 Å². The SMILES string of the molecule is COc1cccc(N(CC(=O)N/N=C(/C)c2ccc(OC)c(OC)c2)S(C)(=O)=O)c1. The van der Waals surface area contributed by atoms with Crippen LogP contribution in [0.2, 0.25) is 0 Å². The Balaban J connectivity index is 2.17. The van der Waals surface area contributed by atoms with Crippen LogP contribution in [0.15, 0.2) is 47.6 Å². The quantitative estimate of drug-likeness (QED) is 0.477. The van der Waals surface area contributed by atoms with E-state index in [0.29, 0.717) is 34.2 Å². The number of rotatable bonds is 9. The van der Waals surface area contributed by atoms with Crippen molar-refractivity contribution < 1.29 is 27.4 Å². The number of hydrazone groups is 1. The molecule has 0 saturated heterocycles. The van der Waals surface area contributed by atoms with Crippen molar-refractivity contribution >= 4 is 27.3 Å². The van der Waals surface area contributed by atoms with Gasteiger partial charge in [-0.25, -0.2) is 13.8 Å². The Kier molecular flexibility index (Phi) is 7.65. The van der Waals surface area contributed by atoms with E-state index in [1.54, 1.807) is 43.3 Å². The number of nitrogens with zero attached hydrogens (tertiary/aromatic N) is 2. The van der Waals surface area contributed by atoms with Crippen molar-refractivity contribution in [2.24, 2.45) is 5.10 Å². The molecular weight excluding hydrogens is 410 g/mol. The molecule has 0 aliphatic rings. The maximum atomic E-state index is 12.4. The molecule has 0 atom stereocenters. The van der Waals surface area contributed by atoms with Gasteiger partial charge in [0, 0.05) is 11.6 Å². The summed E-state index contributed by atoms with van der Waals surface area (Å²) in [4.78, 5) is 12.4. The lowest BCUT2D eigenvalue weighted by molar-refractivity contribution is -0.119. The van der Waals surface area contributed by atoms with E-state index in [9.17, 15) is 13.2 Å². The average Bonchev–Trinajstić information content (AvgIpc) is 2.74. The summed E-state index contributed by atoms with van der Waals surface area (Å²) in [6.45, 7) is 1.27. The number of carbonyl (C=O) groups is 1. The number of anilines is 1. The topological polar surface area (TPSA) is 107 Å². The van der Waals surface area contributed by atoms with Crippen molar-refractivity contribution in [2.45, 2.75) is 6.92 Å². The molecule has 0 unspecified atom stereocenters. The Morgan fingerprint density at radius 3 is 2.33 bits per heavy atom. The first-order chi connectivity index (χ1) is 14.2. The Morgan fingerprint density at radius 1 is 1.03 bits per heavy atom. The molecule has 0 fully saturated rings. The summed E-state index contributed by atoms with van der Waals surface area (Å²) < 4.78 is 41.0. The fourth-order valence-electron chi connectivity index (χ4n) is 2.60. The molecule has 9 nitrogen and oxygen atoms in total. The lowest BCUT2D eigenvalue weighted by Gasteiger charge is -2.21. The Bertz CT molecular complexity index is 1040. The fraction of sp³-hybridized carbons (Fsp3) is 0.300. The van der Waals surface area contributed by atoms with E-state index in [-0.39, 0.29) is 0 Å². The molecule has 0 aliphatic heterocycles. The number of hydrogen-bond acceptors (Lipinski definition) is 7. The molecule has 30 heavy (non-hydrogen) atoms. The third-order valence-electron chi connectivity index (χ3n) is 4.18. The summed E-state index contributed by atoms with van der Waals surface area (Å²) in [6, 6.07) is 11.7. The van der Waals surface area contributed by atoms with E-state index >= 15 is 0 Å². The van der Waals surface area contributed by atoms with Gasteiger partial charge in [0.1, 0.15) is 12.3 Å². The van der Waals surface area contributed by atoms with Gasteiger partial charge in [0.15, 0.2) is 11.5 Å². The lowest BCUT2D eigenvalue weighted by atomic mass is 10.1. The van der Waals surface area contributed by atoms with E-state index in [1.807, 2.05) is 0 Å². The number of hydrogen-bond donors (Lipinski definition) is 1. The van der Waals surface area contributed by atoms with Crippen LogP contribution in [0, 0.1) is 0 Å². The van der Waals surface area contributed by atoms with Gasteiger partial charge < -0.3 is 14.2 Å². The molecule has 0 heterocycles. The summed E-state index contributed by atoms with van der Waals surface area (Å²) >= 11 is 0. The average molecular weight is 436 g/mol. The molecule has 1 amide bonds. The second-order valence-corrected chi connectivity index (χ2v) is 8.18. The Hall–Kier alpha value is -3.27. The Morgan fingerprint density at radius 2 is 1.73 bits per heavy atom. The van der Waals surface area contributed by atoms with Crippen molar-refractivity contribution in [1.82, 2.24) is 5.43 Å². The van der Waals surface area contributed by atoms with Gasteiger partial charge in [0.05, 0.1) is 39.0 Å². The number of nitrogens with one attached hydrogen (secondary N) is 1. The van der Waals surface area contributed by atoms with Crippen LogP contribution in [0.1, 0.15) is 12.5 Å². The maximum absolute atomic E-state index is 12.4. The minimum absolute atomic E-state index is 0.313. The molecule has 0 saturated carbocycles. The van der Waals surface area contributed by atoms with Crippen molar-refractivity contribution in [1.29, 1.82) is 0 Å². The van der Waals surface area contributed by atoms with Gasteiger partial charge in [-0.2, -0.15) is 5.10 Å². The van der Waals surface area contributed by atoms with Gasteiger partial charge in [0.25, 0.3) is 5.91 Å². The molecule has 2 aromatic carbocycles. The number of methoxy groups -OCH3 is 3. The highest BCUT2D eigenvalue weighted by molar-refractivity contribution is 7.92. The highest BCUT2D eigenvalue weighted by Crippen LogP contribution is 2.27. The van der Waals surface area contributed by atoms with Crippen molar-refractivity contribution in [3.05, 3.63) is 48.0 Å². The van der Waals surface area contributed by atoms with E-state index < -0.39 is 22.5 Å². The highest BCUT2D eigenvalue weighted by atomic mass is 32.2. The van der Waals surface area contributed by atoms with Gasteiger partial charge >= 0.3 is 0 Å². The Labute approximate surface area is 176 Å². The van der Waals surface area contributed by atoms with Crippen LogP contribution in [-0.4, -0.2) is 54.2 Å². The van der Waals surface area contributed by atoms with Crippen LogP contribution in [0.5, 0.6) is 17.2 Å². The summed E-state index contributed by atoms with van der Waals surface area (Å²) in [5.74, 6) is 0.976. The summed E-state index contributed by atoms with van der Waals surface area (Å²) in [5, 5.41) is 4.06. The van der Waals surface area contributed by atoms with Crippen LogP contribution in [0.3, 0.4) is 0 Å². The van der Waals surface area contributed by atoms with Gasteiger partial charge in [-0.15, -0.1) is 0 Å². The van der Waals surface area contributed by atoms with Gasteiger partial charge in [-0.3, -0.25) is 9.10 Å². The zero-order chi connectivity index (χ0) is 22.3. The van der Waals surface area contributed by atoms with Gasteiger partial charge in [0.2, 0.25) is 10.0 Å². The summed E-state index contributed by atoms with van der Waals surface area (Å²) in [6.07, 6.45) is 1.03. The minimum atomic E-state index is -3.71. The number of amides is 1. The van der Waals surface area contributed by atoms with Gasteiger partial charge in [-0.1, -0.05) is 6.07 Å². The molecule has 0 aromatic heterocycles. The smallest absolute Gasteiger partial charge is 0.260 e. The molecule has 2 rings (SSSR count). The molecule has 0 bridgehead atoms. The van der Waals surface area contributed by atoms with E-state index in [2.05, 4.69) is 10.5 Å². The summed E-state index contributed by atoms with van der Waals surface area (Å²) in [7, 11) is 0.825. The van der Waals surface area contributed by atoms with Crippen LogP contribution in [0.25, 0.3) is 0 Å². The number of ether oxygens (including phenoxy) is 3. The first-order valence-electron chi connectivity index (χ1n) is 8.87.